The van der Waals surface area contributed by atoms with E-state index in [0.717, 1.165) is 13.2 Å². The minimum Gasteiger partial charge on any atom is -0.495 e. The third-order valence-corrected chi connectivity index (χ3v) is 2.65. The lowest BCUT2D eigenvalue weighted by atomic mass is 10.1. The highest BCUT2D eigenvalue weighted by molar-refractivity contribution is 9.10. The second-order valence-corrected chi connectivity index (χ2v) is 3.88. The number of benzene rings is 1. The van der Waals surface area contributed by atoms with Gasteiger partial charge >= 0.3 is 5.97 Å². The van der Waals surface area contributed by atoms with E-state index in [-0.39, 0.29) is 10.2 Å². The number of aliphatic hydroxyl groups excluding tert-OH is 1. The fraction of sp³-hybridized carbons (Fsp3) is 0.300. The third-order valence-electron chi connectivity index (χ3n) is 2.06. The maximum Gasteiger partial charge on any atom is 0.339 e. The summed E-state index contributed by atoms with van der Waals surface area (Å²) in [6, 6.07) is 0.835. The summed E-state index contributed by atoms with van der Waals surface area (Å²) in [6.45, 7) is 0. The van der Waals surface area contributed by atoms with Crippen molar-refractivity contribution in [2.75, 3.05) is 14.2 Å². The average Bonchev–Trinajstić information content (AvgIpc) is 2.31. The molecule has 0 aliphatic heterocycles. The minimum absolute atomic E-state index is 0.0804. The van der Waals surface area contributed by atoms with Gasteiger partial charge in [0.1, 0.15) is 5.75 Å². The summed E-state index contributed by atoms with van der Waals surface area (Å²) in [4.78, 5) is 11.1. The molecule has 0 radical (unpaired) electrons. The lowest BCUT2D eigenvalue weighted by molar-refractivity contribution is -0.151. The molecule has 1 atom stereocenters. The number of esters is 1. The van der Waals surface area contributed by atoms with E-state index < -0.39 is 29.3 Å². The fourth-order valence-corrected chi connectivity index (χ4v) is 1.85. The van der Waals surface area contributed by atoms with Gasteiger partial charge in [-0.15, -0.1) is 0 Å². The lowest BCUT2D eigenvalue weighted by Crippen LogP contribution is -2.17. The van der Waals surface area contributed by atoms with Crippen LogP contribution in [0.4, 0.5) is 8.78 Å². The maximum atomic E-state index is 13.5. The Morgan fingerprint density at radius 3 is 2.53 bits per heavy atom. The van der Waals surface area contributed by atoms with Crippen LogP contribution in [0.15, 0.2) is 10.5 Å². The van der Waals surface area contributed by atoms with Crippen LogP contribution in [0.3, 0.4) is 0 Å². The zero-order chi connectivity index (χ0) is 13.2. The molecule has 1 rings (SSSR count). The number of rotatable bonds is 3. The van der Waals surface area contributed by atoms with Crippen molar-refractivity contribution in [1.82, 2.24) is 0 Å². The first-order chi connectivity index (χ1) is 7.93. The van der Waals surface area contributed by atoms with Gasteiger partial charge in [-0.05, 0) is 22.0 Å². The van der Waals surface area contributed by atoms with Crippen LogP contribution in [0.25, 0.3) is 0 Å². The molecule has 0 fully saturated rings. The van der Waals surface area contributed by atoms with E-state index in [0.29, 0.717) is 0 Å². The quantitative estimate of drug-likeness (QED) is 0.685. The number of carbonyl (C=O) groups is 1. The molecule has 4 nitrogen and oxygen atoms in total. The van der Waals surface area contributed by atoms with Crippen LogP contribution < -0.4 is 4.74 Å². The van der Waals surface area contributed by atoms with Crippen molar-refractivity contribution in [1.29, 1.82) is 0 Å². The van der Waals surface area contributed by atoms with Gasteiger partial charge in [-0.2, -0.15) is 0 Å². The predicted octanol–water partition coefficient (Wildman–Crippen LogP) is 1.94. The Morgan fingerprint density at radius 2 is 2.06 bits per heavy atom. The van der Waals surface area contributed by atoms with Gasteiger partial charge < -0.3 is 14.6 Å². The van der Waals surface area contributed by atoms with Crippen LogP contribution in [-0.2, 0) is 9.53 Å². The summed E-state index contributed by atoms with van der Waals surface area (Å²) in [5.74, 6) is -3.85. The highest BCUT2D eigenvalue weighted by Gasteiger charge is 2.29. The van der Waals surface area contributed by atoms with Gasteiger partial charge in [0.25, 0.3) is 0 Å². The SMILES string of the molecule is COC(=O)C(O)c1c(F)c(F)cc(Br)c1OC. The van der Waals surface area contributed by atoms with Crippen LogP contribution in [0.1, 0.15) is 11.7 Å². The van der Waals surface area contributed by atoms with Gasteiger partial charge in [0, 0.05) is 0 Å². The molecule has 1 aromatic carbocycles. The first kappa shape index (κ1) is 13.9. The molecule has 1 unspecified atom stereocenters. The summed E-state index contributed by atoms with van der Waals surface area (Å²) in [5.41, 5.74) is -0.605. The largest absolute Gasteiger partial charge is 0.495 e. The van der Waals surface area contributed by atoms with Gasteiger partial charge in [-0.3, -0.25) is 0 Å². The Balaban J connectivity index is 3.44. The standard InChI is InChI=1S/C10H9BrF2O4/c1-16-9-4(11)3-5(12)7(13)6(9)8(14)10(15)17-2/h3,8,14H,1-2H3. The third kappa shape index (κ3) is 2.55. The molecular formula is C10H9BrF2O4. The van der Waals surface area contributed by atoms with Crippen molar-refractivity contribution in [3.63, 3.8) is 0 Å². The van der Waals surface area contributed by atoms with E-state index in [1.54, 1.807) is 0 Å². The minimum atomic E-state index is -1.96. The molecule has 17 heavy (non-hydrogen) atoms. The summed E-state index contributed by atoms with van der Waals surface area (Å²) < 4.78 is 35.8. The van der Waals surface area contributed by atoms with Crippen molar-refractivity contribution in [2.45, 2.75) is 6.10 Å². The Bertz CT molecular complexity index is 450. The number of halogens is 3. The molecule has 0 aliphatic rings. The molecule has 94 valence electrons. The first-order valence-electron chi connectivity index (χ1n) is 4.41. The monoisotopic (exact) mass is 310 g/mol. The maximum absolute atomic E-state index is 13.5. The van der Waals surface area contributed by atoms with Crippen molar-refractivity contribution in [3.05, 3.63) is 27.7 Å². The molecule has 0 aromatic heterocycles. The van der Waals surface area contributed by atoms with Crippen LogP contribution in [-0.4, -0.2) is 25.3 Å². The summed E-state index contributed by atoms with van der Waals surface area (Å²) >= 11 is 2.94. The van der Waals surface area contributed by atoms with Crippen LogP contribution in [0, 0.1) is 11.6 Å². The second-order valence-electron chi connectivity index (χ2n) is 3.03. The van der Waals surface area contributed by atoms with Gasteiger partial charge in [-0.1, -0.05) is 0 Å². The summed E-state index contributed by atoms with van der Waals surface area (Å²) in [7, 11) is 2.22. The molecule has 0 aliphatic carbocycles. The Hall–Kier alpha value is -1.21. The van der Waals surface area contributed by atoms with E-state index in [1.807, 2.05) is 0 Å². The number of methoxy groups -OCH3 is 2. The number of hydrogen-bond acceptors (Lipinski definition) is 4. The second kappa shape index (κ2) is 5.42. The van der Waals surface area contributed by atoms with Gasteiger partial charge in [0.15, 0.2) is 17.7 Å². The molecular weight excluding hydrogens is 302 g/mol. The highest BCUT2D eigenvalue weighted by Crippen LogP contribution is 2.36. The topological polar surface area (TPSA) is 55.8 Å². The molecule has 0 saturated heterocycles. The van der Waals surface area contributed by atoms with Crippen LogP contribution >= 0.6 is 15.9 Å². The van der Waals surface area contributed by atoms with Crippen molar-refractivity contribution < 1.29 is 28.2 Å². The van der Waals surface area contributed by atoms with E-state index in [1.165, 1.54) is 7.11 Å². The fourth-order valence-electron chi connectivity index (χ4n) is 1.28. The molecule has 0 bridgehead atoms. The zero-order valence-corrected chi connectivity index (χ0v) is 10.5. The number of hydrogen-bond donors (Lipinski definition) is 1. The van der Waals surface area contributed by atoms with Gasteiger partial charge in [0.05, 0.1) is 24.3 Å². The van der Waals surface area contributed by atoms with E-state index in [9.17, 15) is 18.7 Å². The van der Waals surface area contributed by atoms with Crippen LogP contribution in [0.2, 0.25) is 0 Å². The smallest absolute Gasteiger partial charge is 0.339 e. The number of ether oxygens (including phenoxy) is 2. The van der Waals surface area contributed by atoms with Crippen molar-refractivity contribution in [3.8, 4) is 5.75 Å². The Morgan fingerprint density at radius 1 is 1.47 bits per heavy atom. The van der Waals surface area contributed by atoms with E-state index >= 15 is 0 Å². The molecule has 7 heteroatoms. The van der Waals surface area contributed by atoms with Crippen molar-refractivity contribution >= 4 is 21.9 Å². The van der Waals surface area contributed by atoms with E-state index in [4.69, 9.17) is 4.74 Å². The molecule has 0 amide bonds. The molecule has 1 N–H and O–H groups in total. The Kier molecular flexibility index (Phi) is 4.41. The van der Waals surface area contributed by atoms with Crippen molar-refractivity contribution in [2.24, 2.45) is 0 Å². The molecule has 0 heterocycles. The molecule has 0 spiro atoms. The number of carbonyl (C=O) groups excluding carboxylic acids is 1. The molecule has 1 aromatic rings. The Labute approximate surface area is 104 Å². The number of aliphatic hydroxyl groups is 1. The van der Waals surface area contributed by atoms with Gasteiger partial charge in [0.2, 0.25) is 0 Å². The molecule has 0 saturated carbocycles. The summed E-state index contributed by atoms with van der Waals surface area (Å²) in [5, 5.41) is 9.55. The van der Waals surface area contributed by atoms with E-state index in [2.05, 4.69) is 20.7 Å². The normalized spacial score (nSPS) is 12.1. The average molecular weight is 311 g/mol. The van der Waals surface area contributed by atoms with Crippen LogP contribution in [0.5, 0.6) is 5.75 Å². The highest BCUT2D eigenvalue weighted by atomic mass is 79.9. The lowest BCUT2D eigenvalue weighted by Gasteiger charge is -2.15. The zero-order valence-electron chi connectivity index (χ0n) is 8.96. The summed E-state index contributed by atoms with van der Waals surface area (Å²) in [6.07, 6.45) is -1.96. The predicted molar refractivity (Wildman–Crippen MR) is 57.6 cm³/mol. The van der Waals surface area contributed by atoms with Gasteiger partial charge in [-0.25, -0.2) is 13.6 Å². The first-order valence-corrected chi connectivity index (χ1v) is 5.20.